The lowest BCUT2D eigenvalue weighted by Crippen LogP contribution is -2.44. The maximum absolute atomic E-state index is 13.2. The molecule has 1 aliphatic heterocycles. The number of fused-ring (bicyclic) bond motifs is 1. The molecule has 2 N–H and O–H groups in total. The highest BCUT2D eigenvalue weighted by Crippen LogP contribution is 2.36. The molecule has 0 fully saturated rings. The molecule has 1 heterocycles. The molecule has 7 heteroatoms. The Hall–Kier alpha value is -4.13. The monoisotopic (exact) mass is 514 g/mol. The normalized spacial score (nSPS) is 13.9. The lowest BCUT2D eigenvalue weighted by Gasteiger charge is -2.27. The van der Waals surface area contributed by atoms with Gasteiger partial charge >= 0.3 is 5.97 Å². The van der Waals surface area contributed by atoms with Gasteiger partial charge in [-0.3, -0.25) is 9.59 Å². The van der Waals surface area contributed by atoms with Crippen LogP contribution in [-0.2, 0) is 16.8 Å². The molecule has 198 valence electrons. The van der Waals surface area contributed by atoms with E-state index in [2.05, 4.69) is 26.1 Å². The van der Waals surface area contributed by atoms with Crippen LogP contribution in [0.5, 0.6) is 5.75 Å². The van der Waals surface area contributed by atoms with E-state index < -0.39 is 12.0 Å². The summed E-state index contributed by atoms with van der Waals surface area (Å²) in [4.78, 5) is 39.2. The number of nitrogens with zero attached hydrogens (tertiary/aromatic N) is 1. The van der Waals surface area contributed by atoms with E-state index in [1.807, 2.05) is 42.5 Å². The fraction of sp³-hybridized carbons (Fsp3) is 0.323. The highest BCUT2D eigenvalue weighted by Gasteiger charge is 2.38. The van der Waals surface area contributed by atoms with Gasteiger partial charge in [0.1, 0.15) is 11.8 Å². The first kappa shape index (κ1) is 26.9. The Balaban J connectivity index is 1.56. The van der Waals surface area contributed by atoms with Gasteiger partial charge in [-0.1, -0.05) is 58.9 Å². The van der Waals surface area contributed by atoms with Crippen LogP contribution in [-0.4, -0.2) is 40.9 Å². The van der Waals surface area contributed by atoms with Crippen LogP contribution in [0.15, 0.2) is 60.7 Å². The van der Waals surface area contributed by atoms with Gasteiger partial charge in [-0.25, -0.2) is 4.79 Å². The second-order valence-corrected chi connectivity index (χ2v) is 11.0. The Morgan fingerprint density at radius 2 is 1.66 bits per heavy atom. The number of nitrogens with one attached hydrogen (secondary N) is 1. The number of carbonyl (C=O) groups is 3. The molecule has 1 atom stereocenters. The van der Waals surface area contributed by atoms with Gasteiger partial charge in [0.25, 0.3) is 11.8 Å². The highest BCUT2D eigenvalue weighted by atomic mass is 16.5. The number of ether oxygens (including phenoxy) is 1. The van der Waals surface area contributed by atoms with Crippen molar-refractivity contribution in [1.82, 2.24) is 4.90 Å². The quantitative estimate of drug-likeness (QED) is 0.405. The first-order valence-electron chi connectivity index (χ1n) is 12.7. The zero-order valence-electron chi connectivity index (χ0n) is 22.7. The molecule has 0 aromatic heterocycles. The van der Waals surface area contributed by atoms with Gasteiger partial charge in [-0.05, 0) is 58.4 Å². The molecule has 0 radical (unpaired) electrons. The van der Waals surface area contributed by atoms with Gasteiger partial charge in [0.15, 0.2) is 0 Å². The molecule has 1 unspecified atom stereocenters. The second kappa shape index (κ2) is 10.3. The van der Waals surface area contributed by atoms with Crippen LogP contribution < -0.4 is 10.1 Å². The Morgan fingerprint density at radius 1 is 0.974 bits per heavy atom. The molecular weight excluding hydrogens is 480 g/mol. The van der Waals surface area contributed by atoms with E-state index in [0.717, 1.165) is 22.3 Å². The minimum atomic E-state index is -1.01. The summed E-state index contributed by atoms with van der Waals surface area (Å²) < 4.78 is 5.63. The Labute approximate surface area is 223 Å². The van der Waals surface area contributed by atoms with Gasteiger partial charge < -0.3 is 20.1 Å². The maximum atomic E-state index is 13.2. The molecule has 0 spiro atoms. The minimum Gasteiger partial charge on any atom is -0.496 e. The number of rotatable bonds is 7. The Morgan fingerprint density at radius 3 is 2.24 bits per heavy atom. The summed E-state index contributed by atoms with van der Waals surface area (Å²) in [5.74, 6) is -1.20. The van der Waals surface area contributed by atoms with Gasteiger partial charge in [0.05, 0.1) is 7.11 Å². The molecule has 3 aromatic rings. The van der Waals surface area contributed by atoms with Crippen LogP contribution in [0.25, 0.3) is 11.1 Å². The number of amides is 2. The van der Waals surface area contributed by atoms with Crippen LogP contribution in [0, 0.1) is 5.92 Å². The van der Waals surface area contributed by atoms with Crippen LogP contribution in [0.4, 0.5) is 5.69 Å². The van der Waals surface area contributed by atoms with Crippen LogP contribution in [0.2, 0.25) is 0 Å². The fourth-order valence-corrected chi connectivity index (χ4v) is 4.83. The Kier molecular flexibility index (Phi) is 7.31. The van der Waals surface area contributed by atoms with Crippen molar-refractivity contribution in [3.8, 4) is 16.9 Å². The first-order valence-corrected chi connectivity index (χ1v) is 12.7. The molecule has 2 amide bonds. The average molecular weight is 515 g/mol. The third-order valence-corrected chi connectivity index (χ3v) is 6.95. The maximum Gasteiger partial charge on any atom is 0.326 e. The van der Waals surface area contributed by atoms with E-state index in [4.69, 9.17) is 4.74 Å². The topological polar surface area (TPSA) is 95.9 Å². The van der Waals surface area contributed by atoms with Crippen molar-refractivity contribution in [2.45, 2.75) is 52.6 Å². The number of carbonyl (C=O) groups excluding carboxylic acids is 2. The SMILES string of the molecule is COc1cc(NC(=O)c2ccc(C(C)(C)C)cc2)ccc1-c1ccc2c(c1)C(=O)N(C(C(=O)O)C(C)C)C2. The molecular formula is C31H34N2O5. The van der Waals surface area contributed by atoms with Crippen LogP contribution >= 0.6 is 0 Å². The lowest BCUT2D eigenvalue weighted by molar-refractivity contribution is -0.144. The molecule has 1 aliphatic rings. The highest BCUT2D eigenvalue weighted by molar-refractivity contribution is 6.05. The molecule has 4 rings (SSSR count). The summed E-state index contributed by atoms with van der Waals surface area (Å²) in [5, 5.41) is 12.6. The second-order valence-electron chi connectivity index (χ2n) is 11.0. The smallest absolute Gasteiger partial charge is 0.326 e. The average Bonchev–Trinajstić information content (AvgIpc) is 3.18. The molecule has 38 heavy (non-hydrogen) atoms. The summed E-state index contributed by atoms with van der Waals surface area (Å²) in [6.45, 7) is 10.2. The summed E-state index contributed by atoms with van der Waals surface area (Å²) in [7, 11) is 1.55. The minimum absolute atomic E-state index is 0.00501. The Bertz CT molecular complexity index is 1390. The van der Waals surface area contributed by atoms with E-state index in [0.29, 0.717) is 22.6 Å². The van der Waals surface area contributed by atoms with E-state index in [-0.39, 0.29) is 29.7 Å². The summed E-state index contributed by atoms with van der Waals surface area (Å²) >= 11 is 0. The zero-order valence-corrected chi connectivity index (χ0v) is 22.7. The summed E-state index contributed by atoms with van der Waals surface area (Å²) in [6.07, 6.45) is 0. The number of aliphatic carboxylic acids is 1. The predicted octanol–water partition coefficient (Wildman–Crippen LogP) is 5.98. The third-order valence-electron chi connectivity index (χ3n) is 6.95. The van der Waals surface area contributed by atoms with Crippen LogP contribution in [0.1, 0.15) is 66.5 Å². The summed E-state index contributed by atoms with van der Waals surface area (Å²) in [6, 6.07) is 17.6. The number of hydrogen-bond acceptors (Lipinski definition) is 4. The van der Waals surface area contributed by atoms with Gasteiger partial charge in [-0.2, -0.15) is 0 Å². The van der Waals surface area contributed by atoms with Crippen molar-refractivity contribution in [2.75, 3.05) is 12.4 Å². The van der Waals surface area contributed by atoms with Crippen LogP contribution in [0.3, 0.4) is 0 Å². The van der Waals surface area contributed by atoms with E-state index in [1.54, 1.807) is 39.2 Å². The first-order chi connectivity index (χ1) is 17.9. The predicted molar refractivity (Wildman–Crippen MR) is 148 cm³/mol. The van der Waals surface area contributed by atoms with Crippen molar-refractivity contribution in [3.05, 3.63) is 82.9 Å². The fourth-order valence-electron chi connectivity index (χ4n) is 4.83. The standard InChI is InChI=1S/C31H34N2O5/c1-18(2)27(30(36)37)33-17-21-8-7-20(15-25(21)29(33)35)24-14-13-23(16-26(24)38-6)32-28(34)19-9-11-22(12-10-19)31(3,4)5/h7-16,18,27H,17H2,1-6H3,(H,32,34)(H,36,37). The number of hydrogen-bond donors (Lipinski definition) is 2. The van der Waals surface area contributed by atoms with Gasteiger partial charge in [-0.15, -0.1) is 0 Å². The van der Waals surface area contributed by atoms with Gasteiger partial charge in [0.2, 0.25) is 0 Å². The molecule has 0 bridgehead atoms. The van der Waals surface area contributed by atoms with Crippen molar-refractivity contribution in [2.24, 2.45) is 5.92 Å². The molecule has 0 saturated carbocycles. The van der Waals surface area contributed by atoms with Crippen molar-refractivity contribution < 1.29 is 24.2 Å². The zero-order chi connectivity index (χ0) is 27.8. The molecule has 0 saturated heterocycles. The lowest BCUT2D eigenvalue weighted by atomic mass is 9.87. The molecule has 0 aliphatic carbocycles. The number of benzene rings is 3. The van der Waals surface area contributed by atoms with Gasteiger partial charge in [0, 0.05) is 35.0 Å². The number of methoxy groups -OCH3 is 1. The third kappa shape index (κ3) is 5.28. The van der Waals surface area contributed by atoms with Crippen molar-refractivity contribution in [1.29, 1.82) is 0 Å². The molecule has 7 nitrogen and oxygen atoms in total. The number of carboxylic acids is 1. The van der Waals surface area contributed by atoms with Crippen molar-refractivity contribution in [3.63, 3.8) is 0 Å². The van der Waals surface area contributed by atoms with E-state index >= 15 is 0 Å². The largest absolute Gasteiger partial charge is 0.496 e. The van der Waals surface area contributed by atoms with E-state index in [1.165, 1.54) is 4.90 Å². The molecule has 3 aromatic carbocycles. The van der Waals surface area contributed by atoms with Crippen molar-refractivity contribution >= 4 is 23.5 Å². The number of anilines is 1. The number of carboxylic acid groups (broad SMARTS) is 1. The van der Waals surface area contributed by atoms with E-state index in [9.17, 15) is 19.5 Å². The summed E-state index contributed by atoms with van der Waals surface area (Å²) in [5.41, 5.74) is 5.11.